The minimum atomic E-state index is -0.211. The third-order valence-electron chi connectivity index (χ3n) is 4.41. The summed E-state index contributed by atoms with van der Waals surface area (Å²) in [5.74, 6) is 0.873. The van der Waals surface area contributed by atoms with E-state index in [1.54, 1.807) is 0 Å². The van der Waals surface area contributed by atoms with Crippen LogP contribution in [-0.2, 0) is 11.3 Å². The molecule has 132 valence electrons. The topological polar surface area (TPSA) is 59.8 Å². The van der Waals surface area contributed by atoms with Crippen molar-refractivity contribution in [2.75, 3.05) is 0 Å². The lowest BCUT2D eigenvalue weighted by atomic mass is 10.2. The van der Waals surface area contributed by atoms with E-state index in [9.17, 15) is 4.79 Å². The number of nitrogens with zero attached hydrogens (tertiary/aromatic N) is 3. The average molecular weight is 356 g/mol. The second-order valence-corrected chi connectivity index (χ2v) is 7.63. The van der Waals surface area contributed by atoms with E-state index in [4.69, 9.17) is 0 Å². The van der Waals surface area contributed by atoms with Crippen molar-refractivity contribution in [1.29, 1.82) is 0 Å². The monoisotopic (exact) mass is 356 g/mol. The molecule has 1 N–H and O–H groups in total. The summed E-state index contributed by atoms with van der Waals surface area (Å²) in [7, 11) is 0. The van der Waals surface area contributed by atoms with E-state index in [-0.39, 0.29) is 11.2 Å². The molecule has 1 fully saturated rings. The Morgan fingerprint density at radius 1 is 1.36 bits per heavy atom. The van der Waals surface area contributed by atoms with Crippen LogP contribution in [0.2, 0.25) is 0 Å². The summed E-state index contributed by atoms with van der Waals surface area (Å²) < 4.78 is 2.01. The number of nitrogens with one attached hydrogen (secondary N) is 1. The number of amides is 1. The Morgan fingerprint density at radius 2 is 2.08 bits per heavy atom. The fourth-order valence-corrected chi connectivity index (χ4v) is 3.94. The summed E-state index contributed by atoms with van der Waals surface area (Å²) in [6.07, 6.45) is 6.42. The van der Waals surface area contributed by atoms with Gasteiger partial charge in [0, 0.05) is 18.2 Å². The van der Waals surface area contributed by atoms with Gasteiger partial charge in [0.2, 0.25) is 5.91 Å². The molecular weight excluding hydrogens is 332 g/mol. The number of aromatic nitrogens is 3. The molecule has 0 bridgehead atoms. The zero-order valence-corrected chi connectivity index (χ0v) is 15.3. The van der Waals surface area contributed by atoms with Crippen molar-refractivity contribution in [2.24, 2.45) is 0 Å². The van der Waals surface area contributed by atoms with Crippen LogP contribution in [-0.4, -0.2) is 32.0 Å². The Bertz CT molecular complexity index is 722. The number of carbonyl (C=O) groups is 1. The standard InChI is InChI=1S/C19H24N4OS/c1-3-13-23-17(15-9-5-4-6-10-15)21-22-19(23)25-14(2)18(24)20-16-11-7-8-12-16/h3-6,9-10,14,16H,1,7-8,11-13H2,2H3,(H,20,24). The quantitative estimate of drug-likeness (QED) is 0.607. The lowest BCUT2D eigenvalue weighted by Crippen LogP contribution is -2.37. The van der Waals surface area contributed by atoms with Crippen molar-refractivity contribution in [1.82, 2.24) is 20.1 Å². The number of allylic oxidation sites excluding steroid dienone is 1. The third-order valence-corrected chi connectivity index (χ3v) is 5.49. The molecule has 1 heterocycles. The number of thioether (sulfide) groups is 1. The van der Waals surface area contributed by atoms with Gasteiger partial charge < -0.3 is 5.32 Å². The molecule has 0 aliphatic heterocycles. The SMILES string of the molecule is C=CCn1c(SC(C)C(=O)NC2CCCC2)nnc1-c1ccccc1. The van der Waals surface area contributed by atoms with Crippen LogP contribution < -0.4 is 5.32 Å². The molecule has 0 radical (unpaired) electrons. The van der Waals surface area contributed by atoms with Crippen molar-refractivity contribution < 1.29 is 4.79 Å². The summed E-state index contributed by atoms with van der Waals surface area (Å²) >= 11 is 1.45. The zero-order chi connectivity index (χ0) is 17.6. The average Bonchev–Trinajstić information content (AvgIpc) is 3.26. The zero-order valence-electron chi connectivity index (χ0n) is 14.5. The van der Waals surface area contributed by atoms with Crippen LogP contribution in [0.15, 0.2) is 48.1 Å². The van der Waals surface area contributed by atoms with E-state index in [1.165, 1.54) is 24.6 Å². The van der Waals surface area contributed by atoms with E-state index in [0.29, 0.717) is 12.6 Å². The van der Waals surface area contributed by atoms with Crippen LogP contribution in [0.3, 0.4) is 0 Å². The molecule has 1 aliphatic rings. The molecule has 1 saturated carbocycles. The normalized spacial score (nSPS) is 15.9. The maximum absolute atomic E-state index is 12.4. The van der Waals surface area contributed by atoms with Crippen molar-refractivity contribution >= 4 is 17.7 Å². The molecule has 1 aliphatic carbocycles. The first-order chi connectivity index (χ1) is 12.2. The second kappa shape index (κ2) is 8.34. The molecule has 0 saturated heterocycles. The fraction of sp³-hybridized carbons (Fsp3) is 0.421. The summed E-state index contributed by atoms with van der Waals surface area (Å²) in [6.45, 7) is 6.36. The second-order valence-electron chi connectivity index (χ2n) is 6.32. The summed E-state index contributed by atoms with van der Waals surface area (Å²) in [5.41, 5.74) is 1.01. The minimum Gasteiger partial charge on any atom is -0.352 e. The van der Waals surface area contributed by atoms with Gasteiger partial charge in [-0.25, -0.2) is 0 Å². The molecular formula is C19H24N4OS. The highest BCUT2D eigenvalue weighted by atomic mass is 32.2. The molecule has 1 amide bonds. The van der Waals surface area contributed by atoms with Gasteiger partial charge in [0.05, 0.1) is 5.25 Å². The van der Waals surface area contributed by atoms with Gasteiger partial charge in [0.25, 0.3) is 0 Å². The first kappa shape index (κ1) is 17.7. The van der Waals surface area contributed by atoms with Crippen LogP contribution in [0.25, 0.3) is 11.4 Å². The van der Waals surface area contributed by atoms with Gasteiger partial charge in [-0.15, -0.1) is 16.8 Å². The first-order valence-electron chi connectivity index (χ1n) is 8.75. The molecule has 3 rings (SSSR count). The van der Waals surface area contributed by atoms with E-state index in [1.807, 2.05) is 47.9 Å². The summed E-state index contributed by atoms with van der Waals surface area (Å²) in [6, 6.07) is 10.3. The van der Waals surface area contributed by atoms with Gasteiger partial charge >= 0.3 is 0 Å². The number of hydrogen-bond donors (Lipinski definition) is 1. The van der Waals surface area contributed by atoms with Gasteiger partial charge in [-0.2, -0.15) is 0 Å². The molecule has 1 unspecified atom stereocenters. The van der Waals surface area contributed by atoms with E-state index < -0.39 is 0 Å². The van der Waals surface area contributed by atoms with Gasteiger partial charge in [0.15, 0.2) is 11.0 Å². The van der Waals surface area contributed by atoms with Gasteiger partial charge in [-0.1, -0.05) is 61.0 Å². The van der Waals surface area contributed by atoms with Crippen molar-refractivity contribution in [3.05, 3.63) is 43.0 Å². The molecule has 0 spiro atoms. The van der Waals surface area contributed by atoms with Gasteiger partial charge in [-0.3, -0.25) is 9.36 Å². The number of hydrogen-bond acceptors (Lipinski definition) is 4. The van der Waals surface area contributed by atoms with E-state index in [0.717, 1.165) is 29.4 Å². The van der Waals surface area contributed by atoms with Crippen LogP contribution in [0, 0.1) is 0 Å². The lowest BCUT2D eigenvalue weighted by Gasteiger charge is -2.16. The Balaban J connectivity index is 1.74. The van der Waals surface area contributed by atoms with E-state index >= 15 is 0 Å². The first-order valence-corrected chi connectivity index (χ1v) is 9.63. The molecule has 1 atom stereocenters. The van der Waals surface area contributed by atoms with Crippen LogP contribution in [0.4, 0.5) is 0 Å². The molecule has 5 nitrogen and oxygen atoms in total. The lowest BCUT2D eigenvalue weighted by molar-refractivity contribution is -0.120. The third kappa shape index (κ3) is 4.31. The van der Waals surface area contributed by atoms with Crippen molar-refractivity contribution in [2.45, 2.75) is 55.6 Å². The molecule has 6 heteroatoms. The molecule has 25 heavy (non-hydrogen) atoms. The highest BCUT2D eigenvalue weighted by Gasteiger charge is 2.23. The van der Waals surface area contributed by atoms with Crippen LogP contribution >= 0.6 is 11.8 Å². The van der Waals surface area contributed by atoms with Crippen LogP contribution in [0.1, 0.15) is 32.6 Å². The minimum absolute atomic E-state index is 0.0753. The Labute approximate surface area is 152 Å². The summed E-state index contributed by atoms with van der Waals surface area (Å²) in [4.78, 5) is 12.4. The van der Waals surface area contributed by atoms with Crippen LogP contribution in [0.5, 0.6) is 0 Å². The number of carbonyl (C=O) groups excluding carboxylic acids is 1. The predicted molar refractivity (Wildman–Crippen MR) is 101 cm³/mol. The molecule has 1 aromatic heterocycles. The molecule has 1 aromatic carbocycles. The van der Waals surface area contributed by atoms with Crippen molar-refractivity contribution in [3.63, 3.8) is 0 Å². The van der Waals surface area contributed by atoms with E-state index in [2.05, 4.69) is 22.1 Å². The highest BCUT2D eigenvalue weighted by molar-refractivity contribution is 8.00. The van der Waals surface area contributed by atoms with Gasteiger partial charge in [-0.05, 0) is 19.8 Å². The number of rotatable bonds is 7. The van der Waals surface area contributed by atoms with Crippen molar-refractivity contribution in [3.8, 4) is 11.4 Å². The maximum Gasteiger partial charge on any atom is 0.233 e. The van der Waals surface area contributed by atoms with Gasteiger partial charge in [0.1, 0.15) is 0 Å². The Morgan fingerprint density at radius 3 is 2.76 bits per heavy atom. The highest BCUT2D eigenvalue weighted by Crippen LogP contribution is 2.27. The Hall–Kier alpha value is -2.08. The predicted octanol–water partition coefficient (Wildman–Crippen LogP) is 3.67. The number of benzene rings is 1. The Kier molecular flexibility index (Phi) is 5.91. The fourth-order valence-electron chi connectivity index (χ4n) is 3.07. The summed E-state index contributed by atoms with van der Waals surface area (Å²) in [5, 5.41) is 12.3. The largest absolute Gasteiger partial charge is 0.352 e. The maximum atomic E-state index is 12.4. The molecule has 2 aromatic rings. The smallest absolute Gasteiger partial charge is 0.233 e.